The molecule has 0 saturated carbocycles. The molecule has 1 heterocycles. The van der Waals surface area contributed by atoms with Gasteiger partial charge in [0.2, 0.25) is 5.55 Å². The van der Waals surface area contributed by atoms with E-state index < -0.39 is 0 Å². The van der Waals surface area contributed by atoms with Gasteiger partial charge < -0.3 is 9.73 Å². The maximum Gasteiger partial charge on any atom is 0.261 e. The molecule has 0 spiro atoms. The van der Waals surface area contributed by atoms with Crippen molar-refractivity contribution >= 4 is 28.3 Å². The van der Waals surface area contributed by atoms with Crippen molar-refractivity contribution in [1.29, 1.82) is 0 Å². The summed E-state index contributed by atoms with van der Waals surface area (Å²) in [5.41, 5.74) is 5.05. The van der Waals surface area contributed by atoms with Gasteiger partial charge in [-0.2, -0.15) is 0 Å². The fourth-order valence-corrected chi connectivity index (χ4v) is 3.17. The van der Waals surface area contributed by atoms with E-state index in [1.54, 1.807) is 0 Å². The molecular weight excluding hydrogens is 348 g/mol. The van der Waals surface area contributed by atoms with Gasteiger partial charge in [0.15, 0.2) is 0 Å². The lowest BCUT2D eigenvalue weighted by Crippen LogP contribution is -2.21. The van der Waals surface area contributed by atoms with Crippen LogP contribution in [0.4, 0.5) is 11.4 Å². The van der Waals surface area contributed by atoms with Crippen LogP contribution in [0.2, 0.25) is 0 Å². The van der Waals surface area contributed by atoms with Crippen LogP contribution in [0, 0.1) is 13.8 Å². The Morgan fingerprint density at radius 1 is 0.857 bits per heavy atom. The predicted molar refractivity (Wildman–Crippen MR) is 112 cm³/mol. The molecule has 4 rings (SSSR count). The summed E-state index contributed by atoms with van der Waals surface area (Å²) in [6, 6.07) is 24.8. The topological polar surface area (TPSA) is 54.6 Å². The van der Waals surface area contributed by atoms with Gasteiger partial charge in [0.1, 0.15) is 11.1 Å². The highest BCUT2D eigenvalue weighted by molar-refractivity contribution is 6.05. The van der Waals surface area contributed by atoms with E-state index in [4.69, 9.17) is 4.42 Å². The number of aryl methyl sites for hydroxylation is 2. The minimum Gasteiger partial charge on any atom is -0.438 e. The molecule has 4 heteroatoms. The van der Waals surface area contributed by atoms with Crippen LogP contribution in [0.1, 0.15) is 21.5 Å². The van der Waals surface area contributed by atoms with Crippen molar-refractivity contribution in [2.75, 3.05) is 5.32 Å². The number of fused-ring (bicyclic) bond motifs is 1. The molecule has 0 saturated heterocycles. The molecule has 3 aromatic carbocycles. The minimum atomic E-state index is -0.260. The molecule has 0 aliphatic carbocycles. The van der Waals surface area contributed by atoms with Crippen molar-refractivity contribution in [3.63, 3.8) is 0 Å². The van der Waals surface area contributed by atoms with Crippen molar-refractivity contribution in [3.05, 3.63) is 101 Å². The van der Waals surface area contributed by atoms with Crippen LogP contribution in [0.5, 0.6) is 0 Å². The largest absolute Gasteiger partial charge is 0.438 e. The average molecular weight is 368 g/mol. The van der Waals surface area contributed by atoms with E-state index in [9.17, 15) is 4.79 Å². The second-order valence-corrected chi connectivity index (χ2v) is 6.78. The summed E-state index contributed by atoms with van der Waals surface area (Å²) < 4.78 is 6.01. The first kappa shape index (κ1) is 17.7. The highest BCUT2D eigenvalue weighted by Gasteiger charge is 2.13. The van der Waals surface area contributed by atoms with E-state index in [1.165, 1.54) is 0 Å². The molecule has 1 amide bonds. The summed E-state index contributed by atoms with van der Waals surface area (Å²) in [5.74, 6) is -0.260. The third kappa shape index (κ3) is 3.86. The fourth-order valence-electron chi connectivity index (χ4n) is 3.17. The number of amides is 1. The molecule has 1 aromatic heterocycles. The third-order valence-electron chi connectivity index (χ3n) is 4.37. The first-order valence-corrected chi connectivity index (χ1v) is 9.11. The Bertz CT molecular complexity index is 1200. The average Bonchev–Trinajstić information content (AvgIpc) is 2.67. The maximum absolute atomic E-state index is 13.0. The van der Waals surface area contributed by atoms with Crippen molar-refractivity contribution in [2.24, 2.45) is 4.99 Å². The molecule has 138 valence electrons. The molecule has 4 nitrogen and oxygen atoms in total. The van der Waals surface area contributed by atoms with Crippen LogP contribution in [-0.4, -0.2) is 5.91 Å². The third-order valence-corrected chi connectivity index (χ3v) is 4.37. The Morgan fingerprint density at radius 3 is 2.29 bits per heavy atom. The number of benzene rings is 3. The van der Waals surface area contributed by atoms with Gasteiger partial charge >= 0.3 is 0 Å². The first-order chi connectivity index (χ1) is 13.6. The van der Waals surface area contributed by atoms with Crippen LogP contribution < -0.4 is 10.9 Å². The number of rotatable bonds is 3. The van der Waals surface area contributed by atoms with Gasteiger partial charge in [0.05, 0.1) is 5.69 Å². The molecule has 0 aliphatic heterocycles. The summed E-state index contributed by atoms with van der Waals surface area (Å²) in [6.45, 7) is 4.04. The van der Waals surface area contributed by atoms with Crippen LogP contribution >= 0.6 is 0 Å². The van der Waals surface area contributed by atoms with Gasteiger partial charge in [0.25, 0.3) is 5.91 Å². The van der Waals surface area contributed by atoms with Gasteiger partial charge in [-0.25, -0.2) is 4.99 Å². The van der Waals surface area contributed by atoms with Crippen molar-refractivity contribution in [2.45, 2.75) is 13.8 Å². The van der Waals surface area contributed by atoms with Crippen molar-refractivity contribution in [1.82, 2.24) is 0 Å². The fraction of sp³-hybridized carbons (Fsp3) is 0.0833. The molecule has 0 unspecified atom stereocenters. The molecule has 0 atom stereocenters. The van der Waals surface area contributed by atoms with Gasteiger partial charge in [-0.3, -0.25) is 4.79 Å². The molecule has 0 bridgehead atoms. The summed E-state index contributed by atoms with van der Waals surface area (Å²) in [6.07, 6.45) is 0. The summed E-state index contributed by atoms with van der Waals surface area (Å²) >= 11 is 0. The highest BCUT2D eigenvalue weighted by Crippen LogP contribution is 2.18. The number of nitrogens with zero attached hydrogens (tertiary/aromatic N) is 1. The van der Waals surface area contributed by atoms with Gasteiger partial charge in [-0.05, 0) is 61.4 Å². The molecule has 4 aromatic rings. The number of hydrogen-bond acceptors (Lipinski definition) is 3. The predicted octanol–water partition coefficient (Wildman–Crippen LogP) is 5.53. The molecule has 28 heavy (non-hydrogen) atoms. The quantitative estimate of drug-likeness (QED) is 0.516. The Labute approximate surface area is 163 Å². The highest BCUT2D eigenvalue weighted by atomic mass is 16.3. The Morgan fingerprint density at radius 2 is 1.54 bits per heavy atom. The van der Waals surface area contributed by atoms with Gasteiger partial charge in [-0.1, -0.05) is 42.5 Å². The zero-order valence-corrected chi connectivity index (χ0v) is 15.8. The lowest BCUT2D eigenvalue weighted by molar-refractivity contribution is 0.102. The normalized spacial score (nSPS) is 11.6. The van der Waals surface area contributed by atoms with Gasteiger partial charge in [0, 0.05) is 11.1 Å². The number of hydrogen-bond donors (Lipinski definition) is 1. The standard InChI is InChI=1S/C24H20N2O2/c1-16-12-17(2)14-20(13-16)26-24-21(15-18-8-6-7-11-22(18)28-24)23(27)25-19-9-4-3-5-10-19/h3-15H,1-2H3,(H,25,27). The summed E-state index contributed by atoms with van der Waals surface area (Å²) in [4.78, 5) is 17.6. The molecule has 0 aliphatic rings. The molecule has 1 N–H and O–H groups in total. The summed E-state index contributed by atoms with van der Waals surface area (Å²) in [5, 5.41) is 3.76. The monoisotopic (exact) mass is 368 g/mol. The first-order valence-electron chi connectivity index (χ1n) is 9.11. The number of para-hydroxylation sites is 2. The van der Waals surface area contributed by atoms with Crippen LogP contribution in [0.25, 0.3) is 11.0 Å². The van der Waals surface area contributed by atoms with Crippen molar-refractivity contribution in [3.8, 4) is 0 Å². The number of carbonyl (C=O) groups is 1. The van der Waals surface area contributed by atoms with Crippen molar-refractivity contribution < 1.29 is 9.21 Å². The zero-order valence-electron chi connectivity index (χ0n) is 15.8. The second kappa shape index (κ2) is 7.53. The Hall–Kier alpha value is -3.66. The van der Waals surface area contributed by atoms with E-state index in [0.29, 0.717) is 11.1 Å². The SMILES string of the molecule is Cc1cc(C)cc(N=c2oc3ccccc3cc2C(=O)Nc2ccccc2)c1. The van der Waals surface area contributed by atoms with E-state index >= 15 is 0 Å². The van der Waals surface area contributed by atoms with Crippen LogP contribution in [-0.2, 0) is 0 Å². The van der Waals surface area contributed by atoms with E-state index in [-0.39, 0.29) is 11.5 Å². The number of nitrogens with one attached hydrogen (secondary N) is 1. The second-order valence-electron chi connectivity index (χ2n) is 6.78. The number of carbonyl (C=O) groups excluding carboxylic acids is 1. The molecule has 0 fully saturated rings. The lowest BCUT2D eigenvalue weighted by atomic mass is 10.1. The molecule has 0 radical (unpaired) electrons. The van der Waals surface area contributed by atoms with E-state index in [2.05, 4.69) is 16.4 Å². The van der Waals surface area contributed by atoms with Crippen LogP contribution in [0.15, 0.2) is 88.3 Å². The molecular formula is C24H20N2O2. The summed E-state index contributed by atoms with van der Waals surface area (Å²) in [7, 11) is 0. The Balaban J connectivity index is 1.87. The van der Waals surface area contributed by atoms with Crippen LogP contribution in [0.3, 0.4) is 0 Å². The smallest absolute Gasteiger partial charge is 0.261 e. The van der Waals surface area contributed by atoms with E-state index in [0.717, 1.165) is 27.9 Å². The van der Waals surface area contributed by atoms with Gasteiger partial charge in [-0.15, -0.1) is 0 Å². The Kier molecular flexibility index (Phi) is 4.77. The zero-order chi connectivity index (χ0) is 19.5. The number of anilines is 1. The van der Waals surface area contributed by atoms with E-state index in [1.807, 2.05) is 86.6 Å². The maximum atomic E-state index is 13.0. The minimum absolute atomic E-state index is 0.260. The lowest BCUT2D eigenvalue weighted by Gasteiger charge is -2.07.